The molecule has 0 radical (unpaired) electrons. The molecular weight excluding hydrogens is 412 g/mol. The van der Waals surface area contributed by atoms with E-state index in [4.69, 9.17) is 4.98 Å². The zero-order valence-corrected chi connectivity index (χ0v) is 19.6. The van der Waals surface area contributed by atoms with E-state index in [2.05, 4.69) is 91.7 Å². The summed E-state index contributed by atoms with van der Waals surface area (Å²) < 4.78 is 0. The average Bonchev–Trinajstić information content (AvgIpc) is 2.88. The monoisotopic (exact) mass is 438 g/mol. The highest BCUT2D eigenvalue weighted by molar-refractivity contribution is 6.03. The summed E-state index contributed by atoms with van der Waals surface area (Å²) in [6.07, 6.45) is 11.9. The average molecular weight is 439 g/mol. The molecule has 0 unspecified atom stereocenters. The fraction of sp³-hybridized carbons (Fsp3) is 0.188. The Labute approximate surface area is 199 Å². The minimum absolute atomic E-state index is 0.137. The second-order valence-corrected chi connectivity index (χ2v) is 10.3. The normalized spacial score (nSPS) is 16.5. The van der Waals surface area contributed by atoms with Gasteiger partial charge in [-0.25, -0.2) is 4.98 Å². The number of pyridine rings is 2. The molecule has 7 rings (SSSR count). The van der Waals surface area contributed by atoms with E-state index >= 15 is 0 Å². The Bertz CT molecular complexity index is 1810. The molecule has 2 aromatic heterocycles. The van der Waals surface area contributed by atoms with Crippen molar-refractivity contribution in [3.63, 3.8) is 0 Å². The van der Waals surface area contributed by atoms with E-state index < -0.39 is 0 Å². The van der Waals surface area contributed by atoms with Gasteiger partial charge < -0.3 is 0 Å². The summed E-state index contributed by atoms with van der Waals surface area (Å²) in [4.78, 5) is 9.93. The molecule has 0 amide bonds. The number of hydrogen-bond donors (Lipinski definition) is 0. The van der Waals surface area contributed by atoms with Crippen molar-refractivity contribution in [3.05, 3.63) is 100 Å². The summed E-state index contributed by atoms with van der Waals surface area (Å²) in [6, 6.07) is 22.2. The van der Waals surface area contributed by atoms with Crippen molar-refractivity contribution >= 4 is 50.3 Å². The van der Waals surface area contributed by atoms with E-state index in [-0.39, 0.29) is 5.41 Å². The van der Waals surface area contributed by atoms with Gasteiger partial charge in [-0.05, 0) is 74.7 Å². The van der Waals surface area contributed by atoms with Crippen LogP contribution in [0.15, 0.2) is 72.9 Å². The number of nitrogens with zero attached hydrogens (tertiary/aromatic N) is 2. The van der Waals surface area contributed by atoms with E-state index in [1.165, 1.54) is 37.9 Å². The van der Waals surface area contributed by atoms with E-state index in [0.29, 0.717) is 0 Å². The van der Waals surface area contributed by atoms with Crippen LogP contribution < -0.4 is 10.4 Å². The molecule has 0 atom stereocenters. The zero-order valence-electron chi connectivity index (χ0n) is 19.6. The molecule has 34 heavy (non-hydrogen) atoms. The lowest BCUT2D eigenvalue weighted by molar-refractivity contribution is 0.475. The van der Waals surface area contributed by atoms with E-state index in [1.807, 2.05) is 12.3 Å². The topological polar surface area (TPSA) is 25.8 Å². The van der Waals surface area contributed by atoms with Crippen molar-refractivity contribution in [3.8, 4) is 0 Å². The molecule has 2 nitrogen and oxygen atoms in total. The predicted molar refractivity (Wildman–Crippen MR) is 143 cm³/mol. The lowest BCUT2D eigenvalue weighted by atomic mass is 9.72. The van der Waals surface area contributed by atoms with Crippen molar-refractivity contribution in [2.24, 2.45) is 0 Å². The van der Waals surface area contributed by atoms with Crippen LogP contribution >= 0.6 is 0 Å². The van der Waals surface area contributed by atoms with Gasteiger partial charge in [-0.1, -0.05) is 80.6 Å². The van der Waals surface area contributed by atoms with Crippen molar-refractivity contribution in [1.29, 1.82) is 0 Å². The first-order valence-electron chi connectivity index (χ1n) is 12.2. The standard InChI is InChI=1S/C32H26N2/c1-32(2)18-17-26(28-16-12-22-10-9-21-7-5-19-33-30(21)31(22)34-28)29-25-13-11-20-6-3-4-8-23(20)24(25)14-15-27(29)32/h3,5-16,19H,4,17-18H2,1-2H3. The second kappa shape index (κ2) is 7.11. The van der Waals surface area contributed by atoms with Gasteiger partial charge >= 0.3 is 0 Å². The Kier molecular flexibility index (Phi) is 4.11. The first-order chi connectivity index (χ1) is 16.6. The highest BCUT2D eigenvalue weighted by Crippen LogP contribution is 2.36. The summed E-state index contributed by atoms with van der Waals surface area (Å²) in [7, 11) is 0. The van der Waals surface area contributed by atoms with Gasteiger partial charge in [-0.15, -0.1) is 0 Å². The van der Waals surface area contributed by atoms with Gasteiger partial charge in [-0.2, -0.15) is 0 Å². The van der Waals surface area contributed by atoms with Gasteiger partial charge in [0.2, 0.25) is 0 Å². The smallest absolute Gasteiger partial charge is 0.0971 e. The van der Waals surface area contributed by atoms with E-state index in [9.17, 15) is 0 Å². The fourth-order valence-corrected chi connectivity index (χ4v) is 5.93. The highest BCUT2D eigenvalue weighted by atomic mass is 14.8. The predicted octanol–water partition coefficient (Wildman–Crippen LogP) is 6.40. The molecule has 0 spiro atoms. The molecule has 3 aromatic carbocycles. The third kappa shape index (κ3) is 2.81. The number of rotatable bonds is 1. The highest BCUT2D eigenvalue weighted by Gasteiger charge is 2.29. The first kappa shape index (κ1) is 19.7. The van der Waals surface area contributed by atoms with Crippen LogP contribution in [-0.4, -0.2) is 9.97 Å². The summed E-state index contributed by atoms with van der Waals surface area (Å²) in [5.41, 5.74) is 7.30. The van der Waals surface area contributed by atoms with Crippen LogP contribution in [-0.2, 0) is 5.41 Å². The molecule has 5 aromatic rings. The molecule has 0 saturated carbocycles. The van der Waals surface area contributed by atoms with Crippen molar-refractivity contribution in [1.82, 2.24) is 9.97 Å². The summed E-state index contributed by atoms with van der Waals surface area (Å²) >= 11 is 0. The van der Waals surface area contributed by atoms with Gasteiger partial charge in [0.1, 0.15) is 0 Å². The Morgan fingerprint density at radius 1 is 0.824 bits per heavy atom. The van der Waals surface area contributed by atoms with Gasteiger partial charge in [0.25, 0.3) is 0 Å². The van der Waals surface area contributed by atoms with Crippen molar-refractivity contribution in [2.75, 3.05) is 0 Å². The second-order valence-electron chi connectivity index (χ2n) is 10.3. The molecule has 2 aliphatic rings. The van der Waals surface area contributed by atoms with Crippen LogP contribution in [0.25, 0.3) is 50.3 Å². The van der Waals surface area contributed by atoms with Gasteiger partial charge in [0.05, 0.1) is 16.7 Å². The fourth-order valence-electron chi connectivity index (χ4n) is 5.93. The number of allylic oxidation sites excluding steroid dienone is 1. The Balaban J connectivity index is 1.62. The Hall–Kier alpha value is -3.78. The summed E-state index contributed by atoms with van der Waals surface area (Å²) in [6.45, 7) is 4.76. The third-order valence-electron chi connectivity index (χ3n) is 7.80. The molecule has 0 N–H and O–H groups in total. The number of fused-ring (bicyclic) bond motifs is 8. The van der Waals surface area contributed by atoms with E-state index in [1.54, 1.807) is 0 Å². The van der Waals surface area contributed by atoms with E-state index in [0.717, 1.165) is 46.8 Å². The minimum atomic E-state index is 0.137. The minimum Gasteiger partial charge on any atom is -0.254 e. The first-order valence-corrected chi connectivity index (χ1v) is 12.2. The third-order valence-corrected chi connectivity index (χ3v) is 7.80. The molecule has 2 aliphatic carbocycles. The molecule has 0 saturated heterocycles. The summed E-state index contributed by atoms with van der Waals surface area (Å²) in [5.74, 6) is 0. The van der Waals surface area contributed by atoms with Gasteiger partial charge in [0, 0.05) is 17.0 Å². The number of hydrogen-bond acceptors (Lipinski definition) is 2. The Morgan fingerprint density at radius 2 is 1.65 bits per heavy atom. The molecule has 2 heteroatoms. The lowest BCUT2D eigenvalue weighted by Crippen LogP contribution is -2.33. The number of benzene rings is 3. The van der Waals surface area contributed by atoms with Crippen LogP contribution in [0.4, 0.5) is 0 Å². The molecule has 2 heterocycles. The molecule has 0 aliphatic heterocycles. The van der Waals surface area contributed by atoms with Crippen LogP contribution in [0.1, 0.15) is 49.9 Å². The van der Waals surface area contributed by atoms with Gasteiger partial charge in [-0.3, -0.25) is 4.98 Å². The molecule has 0 bridgehead atoms. The summed E-state index contributed by atoms with van der Waals surface area (Å²) in [5, 5.41) is 7.73. The van der Waals surface area contributed by atoms with Crippen molar-refractivity contribution < 1.29 is 0 Å². The maximum atomic E-state index is 5.25. The van der Waals surface area contributed by atoms with Gasteiger partial charge in [0.15, 0.2) is 0 Å². The maximum Gasteiger partial charge on any atom is 0.0971 e. The van der Waals surface area contributed by atoms with Crippen LogP contribution in [0, 0.1) is 0 Å². The largest absolute Gasteiger partial charge is 0.254 e. The molecule has 164 valence electrons. The Morgan fingerprint density at radius 3 is 2.56 bits per heavy atom. The zero-order chi connectivity index (χ0) is 22.9. The van der Waals surface area contributed by atoms with Crippen molar-refractivity contribution in [2.45, 2.75) is 38.5 Å². The maximum absolute atomic E-state index is 5.25. The quantitative estimate of drug-likeness (QED) is 0.283. The van der Waals surface area contributed by atoms with Crippen LogP contribution in [0.3, 0.4) is 0 Å². The molecule has 0 fully saturated rings. The SMILES string of the molecule is CC1(C)CCC(c2ccc3ccc4cccnc4c3n2)=c2c1ccc1c3c(ccc21)C=CCC=3. The lowest BCUT2D eigenvalue weighted by Gasteiger charge is -2.32. The van der Waals surface area contributed by atoms with Crippen LogP contribution in [0.2, 0.25) is 0 Å². The number of aromatic nitrogens is 2. The van der Waals surface area contributed by atoms with Crippen LogP contribution in [0.5, 0.6) is 0 Å². The molecular formula is C32H26N2.